The van der Waals surface area contributed by atoms with Gasteiger partial charge in [0.15, 0.2) is 0 Å². The van der Waals surface area contributed by atoms with Crippen molar-refractivity contribution >= 4 is 21.6 Å². The maximum Gasteiger partial charge on any atom is 0.264 e. The van der Waals surface area contributed by atoms with Crippen LogP contribution in [0.25, 0.3) is 0 Å². The standard InChI is InChI=1S/C22H22N2O3S/c1-17(18-11-5-3-6-12-18)23-22(25)20-15-9-10-16-21(20)24(2)28(26,27)19-13-7-4-8-14-19/h3-17H,1-2H3,(H,23,25)/t17-/m1/s1. The minimum absolute atomic E-state index is 0.172. The number of anilines is 1. The van der Waals surface area contributed by atoms with Gasteiger partial charge in [-0.25, -0.2) is 8.42 Å². The minimum atomic E-state index is -3.78. The van der Waals surface area contributed by atoms with Gasteiger partial charge in [-0.2, -0.15) is 0 Å². The maximum absolute atomic E-state index is 12.9. The molecule has 0 bridgehead atoms. The lowest BCUT2D eigenvalue weighted by Crippen LogP contribution is -2.31. The third-order valence-electron chi connectivity index (χ3n) is 4.54. The average Bonchev–Trinajstić information content (AvgIpc) is 2.74. The number of hydrogen-bond acceptors (Lipinski definition) is 3. The summed E-state index contributed by atoms with van der Waals surface area (Å²) in [6.07, 6.45) is 0. The molecule has 0 aliphatic carbocycles. The van der Waals surface area contributed by atoms with Gasteiger partial charge >= 0.3 is 0 Å². The summed E-state index contributed by atoms with van der Waals surface area (Å²) in [6, 6.07) is 24.2. The lowest BCUT2D eigenvalue weighted by molar-refractivity contribution is 0.0940. The highest BCUT2D eigenvalue weighted by Gasteiger charge is 2.25. The van der Waals surface area contributed by atoms with Crippen LogP contribution >= 0.6 is 0 Å². The molecule has 0 fully saturated rings. The van der Waals surface area contributed by atoms with Gasteiger partial charge in [-0.3, -0.25) is 9.10 Å². The van der Waals surface area contributed by atoms with E-state index >= 15 is 0 Å². The molecule has 144 valence electrons. The highest BCUT2D eigenvalue weighted by atomic mass is 32.2. The molecule has 1 N–H and O–H groups in total. The first-order valence-corrected chi connectivity index (χ1v) is 10.3. The molecule has 1 atom stereocenters. The Labute approximate surface area is 165 Å². The van der Waals surface area contributed by atoms with Crippen molar-refractivity contribution in [1.29, 1.82) is 0 Å². The van der Waals surface area contributed by atoms with Gasteiger partial charge in [-0.1, -0.05) is 60.7 Å². The van der Waals surface area contributed by atoms with Gasteiger partial charge in [0.2, 0.25) is 0 Å². The molecular formula is C22H22N2O3S. The Morgan fingerprint density at radius 2 is 1.39 bits per heavy atom. The van der Waals surface area contributed by atoms with Crippen LogP contribution in [0.4, 0.5) is 5.69 Å². The van der Waals surface area contributed by atoms with E-state index in [1.54, 1.807) is 42.5 Å². The monoisotopic (exact) mass is 394 g/mol. The van der Waals surface area contributed by atoms with E-state index in [1.165, 1.54) is 19.2 Å². The third kappa shape index (κ3) is 4.07. The Hall–Kier alpha value is -3.12. The second-order valence-corrected chi connectivity index (χ2v) is 8.38. The summed E-state index contributed by atoms with van der Waals surface area (Å²) in [5.74, 6) is -0.331. The molecule has 0 saturated carbocycles. The van der Waals surface area contributed by atoms with Gasteiger partial charge in [-0.05, 0) is 36.8 Å². The minimum Gasteiger partial charge on any atom is -0.345 e. The summed E-state index contributed by atoms with van der Waals surface area (Å²) in [6.45, 7) is 1.89. The zero-order chi connectivity index (χ0) is 20.1. The van der Waals surface area contributed by atoms with Crippen LogP contribution in [0.5, 0.6) is 0 Å². The van der Waals surface area contributed by atoms with Crippen molar-refractivity contribution in [1.82, 2.24) is 5.32 Å². The summed E-state index contributed by atoms with van der Waals surface area (Å²) < 4.78 is 27.0. The first-order chi connectivity index (χ1) is 13.4. The fourth-order valence-corrected chi connectivity index (χ4v) is 4.16. The summed E-state index contributed by atoms with van der Waals surface area (Å²) in [7, 11) is -2.32. The van der Waals surface area contributed by atoms with E-state index in [0.29, 0.717) is 11.3 Å². The van der Waals surface area contributed by atoms with Gasteiger partial charge in [0.1, 0.15) is 0 Å². The van der Waals surface area contributed by atoms with Gasteiger partial charge < -0.3 is 5.32 Å². The number of carbonyl (C=O) groups excluding carboxylic acids is 1. The smallest absolute Gasteiger partial charge is 0.264 e. The highest BCUT2D eigenvalue weighted by Crippen LogP contribution is 2.26. The van der Waals surface area contributed by atoms with Crippen molar-refractivity contribution in [3.8, 4) is 0 Å². The molecule has 0 unspecified atom stereocenters. The van der Waals surface area contributed by atoms with Gasteiger partial charge in [0.05, 0.1) is 22.2 Å². The molecule has 28 heavy (non-hydrogen) atoms. The Balaban J connectivity index is 1.90. The molecule has 3 rings (SSSR count). The lowest BCUT2D eigenvalue weighted by atomic mass is 10.1. The fourth-order valence-electron chi connectivity index (χ4n) is 2.92. The number of nitrogens with one attached hydrogen (secondary N) is 1. The second kappa shape index (κ2) is 8.27. The molecule has 0 heterocycles. The highest BCUT2D eigenvalue weighted by molar-refractivity contribution is 7.92. The van der Waals surface area contributed by atoms with Crippen LogP contribution in [0.2, 0.25) is 0 Å². The number of rotatable bonds is 6. The van der Waals surface area contributed by atoms with Gasteiger partial charge in [0, 0.05) is 7.05 Å². The Morgan fingerprint density at radius 3 is 2.04 bits per heavy atom. The van der Waals surface area contributed by atoms with E-state index < -0.39 is 10.0 Å². The number of amides is 1. The molecule has 0 aliphatic rings. The first kappa shape index (κ1) is 19.6. The Morgan fingerprint density at radius 1 is 0.857 bits per heavy atom. The van der Waals surface area contributed by atoms with Crippen LogP contribution in [-0.2, 0) is 10.0 Å². The third-order valence-corrected chi connectivity index (χ3v) is 6.32. The topological polar surface area (TPSA) is 66.5 Å². The Kier molecular flexibility index (Phi) is 5.80. The molecule has 3 aromatic carbocycles. The average molecular weight is 394 g/mol. The summed E-state index contributed by atoms with van der Waals surface area (Å²) in [4.78, 5) is 13.1. The zero-order valence-electron chi connectivity index (χ0n) is 15.7. The van der Waals surface area contributed by atoms with Crippen LogP contribution in [0.15, 0.2) is 89.8 Å². The molecule has 0 radical (unpaired) electrons. The number of nitrogens with zero attached hydrogens (tertiary/aromatic N) is 1. The molecular weight excluding hydrogens is 372 g/mol. The molecule has 0 aromatic heterocycles. The molecule has 5 nitrogen and oxygen atoms in total. The van der Waals surface area contributed by atoms with Crippen molar-refractivity contribution in [3.05, 3.63) is 96.1 Å². The van der Waals surface area contributed by atoms with E-state index in [1.807, 2.05) is 37.3 Å². The quantitative estimate of drug-likeness (QED) is 0.687. The zero-order valence-corrected chi connectivity index (χ0v) is 16.6. The van der Waals surface area contributed by atoms with E-state index in [2.05, 4.69) is 5.32 Å². The van der Waals surface area contributed by atoms with Crippen LogP contribution < -0.4 is 9.62 Å². The van der Waals surface area contributed by atoms with E-state index in [-0.39, 0.29) is 16.8 Å². The van der Waals surface area contributed by atoms with Crippen molar-refractivity contribution < 1.29 is 13.2 Å². The maximum atomic E-state index is 12.9. The number of benzene rings is 3. The number of para-hydroxylation sites is 1. The van der Waals surface area contributed by atoms with Crippen LogP contribution in [0.1, 0.15) is 28.9 Å². The van der Waals surface area contributed by atoms with Crippen molar-refractivity contribution in [3.63, 3.8) is 0 Å². The van der Waals surface area contributed by atoms with Crippen molar-refractivity contribution in [2.45, 2.75) is 17.9 Å². The molecule has 0 aliphatic heterocycles. The Bertz CT molecular complexity index is 1050. The van der Waals surface area contributed by atoms with Gasteiger partial charge in [0.25, 0.3) is 15.9 Å². The summed E-state index contributed by atoms with van der Waals surface area (Å²) in [5, 5.41) is 2.94. The SMILES string of the molecule is C[C@@H](NC(=O)c1ccccc1N(C)S(=O)(=O)c1ccccc1)c1ccccc1. The van der Waals surface area contributed by atoms with E-state index in [4.69, 9.17) is 0 Å². The van der Waals surface area contributed by atoms with Crippen LogP contribution in [-0.4, -0.2) is 21.4 Å². The lowest BCUT2D eigenvalue weighted by Gasteiger charge is -2.23. The fraction of sp³-hybridized carbons (Fsp3) is 0.136. The largest absolute Gasteiger partial charge is 0.345 e. The van der Waals surface area contributed by atoms with Crippen molar-refractivity contribution in [2.24, 2.45) is 0 Å². The predicted molar refractivity (Wildman–Crippen MR) is 111 cm³/mol. The molecule has 1 amide bonds. The second-order valence-electron chi connectivity index (χ2n) is 6.41. The van der Waals surface area contributed by atoms with Crippen molar-refractivity contribution in [2.75, 3.05) is 11.4 Å². The molecule has 3 aromatic rings. The predicted octanol–water partition coefficient (Wildman–Crippen LogP) is 4.00. The first-order valence-electron chi connectivity index (χ1n) is 8.90. The van der Waals surface area contributed by atoms with Crippen LogP contribution in [0.3, 0.4) is 0 Å². The van der Waals surface area contributed by atoms with E-state index in [0.717, 1.165) is 9.87 Å². The number of sulfonamides is 1. The number of carbonyl (C=O) groups is 1. The normalized spacial score (nSPS) is 12.2. The number of hydrogen-bond donors (Lipinski definition) is 1. The molecule has 0 spiro atoms. The molecule has 0 saturated heterocycles. The summed E-state index contributed by atoms with van der Waals surface area (Å²) in [5.41, 5.74) is 1.59. The summed E-state index contributed by atoms with van der Waals surface area (Å²) >= 11 is 0. The van der Waals surface area contributed by atoms with Gasteiger partial charge in [-0.15, -0.1) is 0 Å². The molecule has 6 heteroatoms. The van der Waals surface area contributed by atoms with Crippen LogP contribution in [0, 0.1) is 0 Å². The van der Waals surface area contributed by atoms with E-state index in [9.17, 15) is 13.2 Å².